The van der Waals surface area contributed by atoms with E-state index in [1.165, 1.54) is 54.9 Å². The van der Waals surface area contributed by atoms with Crippen LogP contribution in [0, 0.1) is 11.6 Å². The van der Waals surface area contributed by atoms with Gasteiger partial charge in [-0.2, -0.15) is 0 Å². The zero-order valence-corrected chi connectivity index (χ0v) is 22.1. The number of aliphatic hydroxyl groups is 2. The maximum Gasteiger partial charge on any atom is 0.342 e. The zero-order chi connectivity index (χ0) is 29.4. The molecule has 0 saturated carbocycles. The van der Waals surface area contributed by atoms with Crippen molar-refractivity contribution in [2.45, 2.75) is 39.0 Å². The monoisotopic (exact) mass is 575 g/mol. The molecule has 0 spiro atoms. The lowest BCUT2D eigenvalue weighted by atomic mass is 10.1. The van der Waals surface area contributed by atoms with Crippen molar-refractivity contribution in [1.82, 2.24) is 13.7 Å². The number of aromatic nitrogens is 3. The topological polar surface area (TPSA) is 133 Å². The van der Waals surface area contributed by atoms with Gasteiger partial charge >= 0.3 is 5.69 Å². The van der Waals surface area contributed by atoms with Gasteiger partial charge < -0.3 is 19.5 Å². The van der Waals surface area contributed by atoms with E-state index in [1.54, 1.807) is 0 Å². The number of pyridine rings is 1. The van der Waals surface area contributed by atoms with Crippen molar-refractivity contribution in [2.24, 2.45) is 0 Å². The molecule has 0 atom stereocenters. The summed E-state index contributed by atoms with van der Waals surface area (Å²) in [6.45, 7) is 1.44. The average molecular weight is 576 g/mol. The Bertz CT molecular complexity index is 1750. The molecule has 0 aliphatic rings. The van der Waals surface area contributed by atoms with Gasteiger partial charge in [0.05, 0.1) is 29.6 Å². The number of rotatable bonds is 8. The number of fused-ring (bicyclic) bond motifs is 1. The van der Waals surface area contributed by atoms with Crippen molar-refractivity contribution < 1.29 is 33.3 Å². The maximum absolute atomic E-state index is 13.9. The molecule has 13 heteroatoms. The Balaban J connectivity index is 1.67. The van der Waals surface area contributed by atoms with Crippen LogP contribution in [0.4, 0.5) is 8.78 Å². The van der Waals surface area contributed by atoms with Crippen LogP contribution in [0.1, 0.15) is 41.0 Å². The Hall–Kier alpha value is -4.13. The van der Waals surface area contributed by atoms with Crippen molar-refractivity contribution in [2.75, 3.05) is 6.61 Å². The van der Waals surface area contributed by atoms with E-state index in [9.17, 15) is 38.2 Å². The molecule has 0 saturated heterocycles. The summed E-state index contributed by atoms with van der Waals surface area (Å²) in [5.41, 5.74) is -2.49. The first kappa shape index (κ1) is 28.9. The fourth-order valence-corrected chi connectivity index (χ4v) is 4.33. The highest BCUT2D eigenvalue weighted by atomic mass is 35.5. The molecule has 10 nitrogen and oxygen atoms in total. The molecular formula is C27H24ClF2N3O7. The Labute approximate surface area is 230 Å². The van der Waals surface area contributed by atoms with E-state index in [0.29, 0.717) is 16.2 Å². The SMILES string of the molecule is CC(C)(O)CC(=O)n1c(=O)n(C(=O)CO)c2ccc(Cn3ccc(OCc4ccc(F)cc4F)c(Cl)c3=O)cc21. The molecule has 4 aromatic rings. The Morgan fingerprint density at radius 1 is 1.00 bits per heavy atom. The minimum Gasteiger partial charge on any atom is -0.487 e. The first-order valence-corrected chi connectivity index (χ1v) is 12.3. The first-order valence-electron chi connectivity index (χ1n) is 11.9. The number of aliphatic hydroxyl groups excluding tert-OH is 1. The number of imidazole rings is 1. The van der Waals surface area contributed by atoms with Crippen molar-refractivity contribution in [3.05, 3.63) is 97.3 Å². The summed E-state index contributed by atoms with van der Waals surface area (Å²) in [6.07, 6.45) is 0.948. The molecule has 0 unspecified atom stereocenters. The summed E-state index contributed by atoms with van der Waals surface area (Å²) in [7, 11) is 0. The van der Waals surface area contributed by atoms with Gasteiger partial charge in [0.2, 0.25) is 5.91 Å². The van der Waals surface area contributed by atoms with E-state index in [2.05, 4.69) is 0 Å². The van der Waals surface area contributed by atoms with Gasteiger partial charge in [-0.25, -0.2) is 22.7 Å². The summed E-state index contributed by atoms with van der Waals surface area (Å²) < 4.78 is 35.1. The number of carbonyl (C=O) groups is 2. The third-order valence-electron chi connectivity index (χ3n) is 5.94. The van der Waals surface area contributed by atoms with E-state index < -0.39 is 53.3 Å². The van der Waals surface area contributed by atoms with E-state index in [-0.39, 0.29) is 40.5 Å². The molecule has 0 aliphatic carbocycles. The van der Waals surface area contributed by atoms with Gasteiger partial charge in [-0.3, -0.25) is 14.4 Å². The summed E-state index contributed by atoms with van der Waals surface area (Å²) in [5.74, 6) is -3.29. The largest absolute Gasteiger partial charge is 0.487 e. The van der Waals surface area contributed by atoms with Gasteiger partial charge in [0.25, 0.3) is 11.5 Å². The molecule has 0 radical (unpaired) electrons. The Morgan fingerprint density at radius 3 is 2.35 bits per heavy atom. The molecule has 2 heterocycles. The second kappa shape index (κ2) is 11.2. The average Bonchev–Trinajstić information content (AvgIpc) is 3.17. The van der Waals surface area contributed by atoms with Crippen molar-refractivity contribution in [1.29, 1.82) is 0 Å². The highest BCUT2D eigenvalue weighted by Gasteiger charge is 2.26. The van der Waals surface area contributed by atoms with Crippen LogP contribution in [0.3, 0.4) is 0 Å². The molecule has 0 fully saturated rings. The molecular weight excluding hydrogens is 552 g/mol. The predicted octanol–water partition coefficient (Wildman–Crippen LogP) is 2.96. The molecule has 2 aromatic heterocycles. The molecule has 40 heavy (non-hydrogen) atoms. The second-order valence-corrected chi connectivity index (χ2v) is 10.0. The van der Waals surface area contributed by atoms with Crippen LogP contribution >= 0.6 is 11.6 Å². The number of nitrogens with zero attached hydrogens (tertiary/aromatic N) is 3. The van der Waals surface area contributed by atoms with E-state index in [4.69, 9.17) is 16.3 Å². The number of carbonyl (C=O) groups excluding carboxylic acids is 2. The normalized spacial score (nSPS) is 11.7. The minimum absolute atomic E-state index is 0.0206. The minimum atomic E-state index is -1.44. The third kappa shape index (κ3) is 5.88. The molecule has 210 valence electrons. The van der Waals surface area contributed by atoms with Gasteiger partial charge in [-0.1, -0.05) is 17.7 Å². The highest BCUT2D eigenvalue weighted by molar-refractivity contribution is 6.31. The lowest BCUT2D eigenvalue weighted by molar-refractivity contribution is 0.0530. The van der Waals surface area contributed by atoms with Crippen LogP contribution in [0.25, 0.3) is 11.0 Å². The molecule has 0 bridgehead atoms. The second-order valence-electron chi connectivity index (χ2n) is 9.66. The number of halogens is 3. The quantitative estimate of drug-likeness (QED) is 0.330. The van der Waals surface area contributed by atoms with Crippen LogP contribution in [0.2, 0.25) is 5.02 Å². The van der Waals surface area contributed by atoms with Gasteiger partial charge in [0, 0.05) is 17.8 Å². The maximum atomic E-state index is 13.9. The zero-order valence-electron chi connectivity index (χ0n) is 21.4. The molecule has 0 amide bonds. The lowest BCUT2D eigenvalue weighted by Gasteiger charge is -2.15. The van der Waals surface area contributed by atoms with E-state index >= 15 is 0 Å². The first-order chi connectivity index (χ1) is 18.8. The number of ether oxygens (including phenoxy) is 1. The van der Waals surface area contributed by atoms with Crippen molar-refractivity contribution in [3.63, 3.8) is 0 Å². The van der Waals surface area contributed by atoms with E-state index in [0.717, 1.165) is 10.6 Å². The van der Waals surface area contributed by atoms with Gasteiger partial charge in [0.1, 0.15) is 35.6 Å². The van der Waals surface area contributed by atoms with Crippen LogP contribution in [0.5, 0.6) is 5.75 Å². The van der Waals surface area contributed by atoms with Gasteiger partial charge in [-0.05, 0) is 49.7 Å². The summed E-state index contributed by atoms with van der Waals surface area (Å²) >= 11 is 6.20. The van der Waals surface area contributed by atoms with Crippen molar-refractivity contribution in [3.8, 4) is 5.75 Å². The number of benzene rings is 2. The lowest BCUT2D eigenvalue weighted by Crippen LogP contribution is -2.36. The van der Waals surface area contributed by atoms with E-state index in [1.807, 2.05) is 0 Å². The highest BCUT2D eigenvalue weighted by Crippen LogP contribution is 2.23. The van der Waals surface area contributed by atoms with Crippen LogP contribution < -0.4 is 16.0 Å². The molecule has 2 N–H and O–H groups in total. The van der Waals surface area contributed by atoms with Crippen molar-refractivity contribution >= 4 is 34.4 Å². The smallest absolute Gasteiger partial charge is 0.342 e. The fraction of sp³-hybridized carbons (Fsp3) is 0.259. The van der Waals surface area contributed by atoms with Crippen LogP contribution in [0.15, 0.2) is 58.3 Å². The van der Waals surface area contributed by atoms with Gasteiger partial charge in [0.15, 0.2) is 0 Å². The third-order valence-corrected chi connectivity index (χ3v) is 6.29. The molecule has 2 aromatic carbocycles. The molecule has 4 rings (SSSR count). The standard InChI is InChI=1S/C27H24ClF2N3O7/c1-27(2,39)11-22(35)33-20-9-15(3-6-19(20)32(26(33)38)23(36)13-34)12-31-8-7-21(24(28)25(31)37)40-14-16-4-5-17(29)10-18(16)30/h3-10,34,39H,11-14H2,1-2H3. The fourth-order valence-electron chi connectivity index (χ4n) is 4.10. The predicted molar refractivity (Wildman–Crippen MR) is 141 cm³/mol. The van der Waals surface area contributed by atoms with Gasteiger partial charge in [-0.15, -0.1) is 0 Å². The summed E-state index contributed by atoms with van der Waals surface area (Å²) in [4.78, 5) is 51.1. The summed E-state index contributed by atoms with van der Waals surface area (Å²) in [6, 6.07) is 8.74. The Kier molecular flexibility index (Phi) is 8.05. The Morgan fingerprint density at radius 2 is 1.70 bits per heavy atom. The van der Waals surface area contributed by atoms with Crippen LogP contribution in [-0.2, 0) is 13.2 Å². The van der Waals surface area contributed by atoms with Crippen LogP contribution in [-0.4, -0.2) is 47.9 Å². The summed E-state index contributed by atoms with van der Waals surface area (Å²) in [5, 5.41) is 19.1. The number of hydrogen-bond acceptors (Lipinski definition) is 7. The molecule has 0 aliphatic heterocycles. The number of hydrogen-bond donors (Lipinski definition) is 2.